The van der Waals surface area contributed by atoms with Gasteiger partial charge in [-0.25, -0.2) is 22.0 Å². The standard InChI is InChI=1S/C15H20N2O5S2/c1-11(13-3-5-14(6-4-13)24(16,21)22)17(2)15(18)9-12-7-8-23(19,20)10-12/h3-8,11-12H,9-10H2,1-2H3,(H2,16,21,22)/t11-,12-/m1/s1. The van der Waals surface area contributed by atoms with Crippen LogP contribution in [0.15, 0.2) is 40.6 Å². The first kappa shape index (κ1) is 18.6. The van der Waals surface area contributed by atoms with E-state index < -0.39 is 19.9 Å². The maximum absolute atomic E-state index is 12.3. The predicted molar refractivity (Wildman–Crippen MR) is 90.0 cm³/mol. The van der Waals surface area contributed by atoms with Crippen molar-refractivity contribution in [3.05, 3.63) is 41.3 Å². The molecule has 0 spiro atoms. The third-order valence-corrected chi connectivity index (χ3v) is 6.50. The van der Waals surface area contributed by atoms with Crippen molar-refractivity contribution in [1.29, 1.82) is 0 Å². The maximum atomic E-state index is 12.3. The molecule has 2 atom stereocenters. The molecule has 0 fully saturated rings. The molecule has 1 aliphatic rings. The lowest BCUT2D eigenvalue weighted by Gasteiger charge is -2.26. The van der Waals surface area contributed by atoms with Crippen molar-refractivity contribution in [1.82, 2.24) is 4.90 Å². The number of carbonyl (C=O) groups is 1. The van der Waals surface area contributed by atoms with Gasteiger partial charge in [-0.2, -0.15) is 0 Å². The number of primary sulfonamides is 1. The molecule has 24 heavy (non-hydrogen) atoms. The minimum absolute atomic E-state index is 0.00808. The fourth-order valence-electron chi connectivity index (χ4n) is 2.51. The first-order valence-corrected chi connectivity index (χ1v) is 10.5. The third-order valence-electron chi connectivity index (χ3n) is 4.11. The number of rotatable bonds is 5. The second-order valence-corrected chi connectivity index (χ2v) is 9.41. The average Bonchev–Trinajstić information content (AvgIpc) is 2.83. The number of sulfone groups is 1. The van der Waals surface area contributed by atoms with E-state index in [0.29, 0.717) is 0 Å². The van der Waals surface area contributed by atoms with Gasteiger partial charge in [0.25, 0.3) is 0 Å². The summed E-state index contributed by atoms with van der Waals surface area (Å²) in [6, 6.07) is 5.72. The second kappa shape index (κ2) is 6.66. The first-order chi connectivity index (χ1) is 11.0. The lowest BCUT2D eigenvalue weighted by molar-refractivity contribution is -0.132. The highest BCUT2D eigenvalue weighted by atomic mass is 32.2. The van der Waals surface area contributed by atoms with E-state index in [-0.39, 0.29) is 34.9 Å². The lowest BCUT2D eigenvalue weighted by Crippen LogP contribution is -2.31. The molecule has 0 aliphatic carbocycles. The Bertz CT molecular complexity index is 858. The lowest BCUT2D eigenvalue weighted by atomic mass is 10.0. The van der Waals surface area contributed by atoms with Gasteiger partial charge in [0.05, 0.1) is 16.7 Å². The number of nitrogens with zero attached hydrogens (tertiary/aromatic N) is 1. The van der Waals surface area contributed by atoms with Crippen LogP contribution in [0.5, 0.6) is 0 Å². The summed E-state index contributed by atoms with van der Waals surface area (Å²) in [7, 11) is -5.30. The molecule has 1 aliphatic heterocycles. The molecule has 132 valence electrons. The van der Waals surface area contributed by atoms with Crippen LogP contribution >= 0.6 is 0 Å². The van der Waals surface area contributed by atoms with Crippen molar-refractivity contribution in [2.75, 3.05) is 12.8 Å². The van der Waals surface area contributed by atoms with Gasteiger partial charge >= 0.3 is 0 Å². The number of allylic oxidation sites excluding steroid dienone is 1. The van der Waals surface area contributed by atoms with Gasteiger partial charge in [0, 0.05) is 24.8 Å². The average molecular weight is 372 g/mol. The van der Waals surface area contributed by atoms with Gasteiger partial charge in [-0.05, 0) is 24.6 Å². The van der Waals surface area contributed by atoms with Crippen LogP contribution in [-0.2, 0) is 24.7 Å². The van der Waals surface area contributed by atoms with Gasteiger partial charge in [0.2, 0.25) is 15.9 Å². The molecule has 0 unspecified atom stereocenters. The zero-order valence-electron chi connectivity index (χ0n) is 13.4. The van der Waals surface area contributed by atoms with Crippen molar-refractivity contribution in [2.24, 2.45) is 11.1 Å². The molecule has 1 aromatic carbocycles. The van der Waals surface area contributed by atoms with E-state index >= 15 is 0 Å². The summed E-state index contributed by atoms with van der Waals surface area (Å²) < 4.78 is 45.3. The van der Waals surface area contributed by atoms with Crippen LogP contribution in [0.25, 0.3) is 0 Å². The molecule has 2 N–H and O–H groups in total. The van der Waals surface area contributed by atoms with Gasteiger partial charge in [-0.15, -0.1) is 0 Å². The normalized spacial score (nSPS) is 20.7. The molecule has 0 saturated carbocycles. The van der Waals surface area contributed by atoms with E-state index in [1.165, 1.54) is 17.0 Å². The van der Waals surface area contributed by atoms with Crippen molar-refractivity contribution in [3.63, 3.8) is 0 Å². The largest absolute Gasteiger partial charge is 0.339 e. The second-order valence-electron chi connectivity index (χ2n) is 5.92. The highest BCUT2D eigenvalue weighted by Gasteiger charge is 2.26. The molecule has 1 heterocycles. The van der Waals surface area contributed by atoms with Crippen LogP contribution in [-0.4, -0.2) is 40.4 Å². The number of nitrogens with two attached hydrogens (primary N) is 1. The van der Waals surface area contributed by atoms with Crippen LogP contribution in [0.2, 0.25) is 0 Å². The highest BCUT2D eigenvalue weighted by molar-refractivity contribution is 7.94. The van der Waals surface area contributed by atoms with Crippen molar-refractivity contribution in [2.45, 2.75) is 24.3 Å². The van der Waals surface area contributed by atoms with E-state index in [2.05, 4.69) is 0 Å². The number of carbonyl (C=O) groups excluding carboxylic acids is 1. The number of sulfonamides is 1. The zero-order valence-corrected chi connectivity index (χ0v) is 15.0. The fourth-order valence-corrected chi connectivity index (χ4v) is 4.43. The molecule has 0 saturated heterocycles. The Hall–Kier alpha value is -1.71. The van der Waals surface area contributed by atoms with E-state index in [0.717, 1.165) is 11.0 Å². The van der Waals surface area contributed by atoms with Gasteiger partial charge in [-0.1, -0.05) is 18.2 Å². The Morgan fingerprint density at radius 3 is 2.38 bits per heavy atom. The van der Waals surface area contributed by atoms with E-state index in [1.54, 1.807) is 25.3 Å². The summed E-state index contributed by atoms with van der Waals surface area (Å²) in [5.74, 6) is -0.518. The Labute approximate surface area is 142 Å². The topological polar surface area (TPSA) is 115 Å². The highest BCUT2D eigenvalue weighted by Crippen LogP contribution is 2.24. The van der Waals surface area contributed by atoms with Gasteiger partial charge in [-0.3, -0.25) is 4.79 Å². The predicted octanol–water partition coefficient (Wildman–Crippen LogP) is 0.802. The quantitative estimate of drug-likeness (QED) is 0.821. The number of hydrogen-bond donors (Lipinski definition) is 1. The summed E-state index contributed by atoms with van der Waals surface area (Å²) >= 11 is 0. The molecule has 1 amide bonds. The van der Waals surface area contributed by atoms with Crippen molar-refractivity contribution in [3.8, 4) is 0 Å². The molecule has 0 radical (unpaired) electrons. The van der Waals surface area contributed by atoms with E-state index in [9.17, 15) is 21.6 Å². The van der Waals surface area contributed by atoms with Crippen LogP contribution in [0.1, 0.15) is 24.9 Å². The van der Waals surface area contributed by atoms with Crippen molar-refractivity contribution >= 4 is 25.8 Å². The number of benzene rings is 1. The summed E-state index contributed by atoms with van der Waals surface area (Å²) in [4.78, 5) is 13.9. The van der Waals surface area contributed by atoms with E-state index in [4.69, 9.17) is 5.14 Å². The van der Waals surface area contributed by atoms with Crippen LogP contribution in [0.4, 0.5) is 0 Å². The summed E-state index contributed by atoms with van der Waals surface area (Å²) in [5, 5.41) is 6.21. The number of amides is 1. The monoisotopic (exact) mass is 372 g/mol. The molecule has 7 nitrogen and oxygen atoms in total. The molecular formula is C15H20N2O5S2. The molecule has 1 aromatic rings. The third kappa shape index (κ3) is 4.43. The molecule has 0 bridgehead atoms. The molecule has 9 heteroatoms. The summed E-state index contributed by atoms with van der Waals surface area (Å²) in [6.45, 7) is 1.81. The van der Waals surface area contributed by atoms with Crippen molar-refractivity contribution < 1.29 is 21.6 Å². The zero-order chi connectivity index (χ0) is 18.1. The molecule has 0 aromatic heterocycles. The smallest absolute Gasteiger partial charge is 0.238 e. The molecule has 2 rings (SSSR count). The number of hydrogen-bond acceptors (Lipinski definition) is 5. The maximum Gasteiger partial charge on any atom is 0.238 e. The minimum atomic E-state index is -3.75. The van der Waals surface area contributed by atoms with Crippen LogP contribution < -0.4 is 5.14 Å². The summed E-state index contributed by atoms with van der Waals surface area (Å²) in [6.07, 6.45) is 1.67. The van der Waals surface area contributed by atoms with Gasteiger partial charge in [0.1, 0.15) is 0 Å². The molecular weight excluding hydrogens is 352 g/mol. The SMILES string of the molecule is C[C@H](c1ccc(S(N)(=O)=O)cc1)N(C)C(=O)C[C@H]1C=CS(=O)(=O)C1. The van der Waals surface area contributed by atoms with E-state index in [1.807, 2.05) is 6.92 Å². The Morgan fingerprint density at radius 2 is 1.92 bits per heavy atom. The van der Waals surface area contributed by atoms with Crippen LogP contribution in [0.3, 0.4) is 0 Å². The summed E-state index contributed by atoms with van der Waals surface area (Å²) in [5.41, 5.74) is 0.757. The fraction of sp³-hybridized carbons (Fsp3) is 0.400. The van der Waals surface area contributed by atoms with Gasteiger partial charge in [0.15, 0.2) is 9.84 Å². The first-order valence-electron chi connectivity index (χ1n) is 7.29. The minimum Gasteiger partial charge on any atom is -0.339 e. The van der Waals surface area contributed by atoms with Gasteiger partial charge < -0.3 is 4.90 Å². The van der Waals surface area contributed by atoms with Crippen LogP contribution in [0, 0.1) is 5.92 Å². The Balaban J connectivity index is 2.05. The Morgan fingerprint density at radius 1 is 1.33 bits per heavy atom. The Kier molecular flexibility index (Phi) is 5.17.